The molecule has 0 aliphatic rings. The summed E-state index contributed by atoms with van der Waals surface area (Å²) in [6.45, 7) is 6.43. The van der Waals surface area contributed by atoms with Crippen LogP contribution in [0.25, 0.3) is 0 Å². The third-order valence-corrected chi connectivity index (χ3v) is 3.52. The van der Waals surface area contributed by atoms with Crippen LogP contribution in [-0.2, 0) is 11.3 Å². The van der Waals surface area contributed by atoms with Gasteiger partial charge in [-0.05, 0) is 38.6 Å². The molecule has 2 rings (SSSR count). The summed E-state index contributed by atoms with van der Waals surface area (Å²) in [5, 5.41) is 6.42. The van der Waals surface area contributed by atoms with E-state index in [0.29, 0.717) is 35.5 Å². The number of aryl methyl sites for hydroxylation is 2. The number of benzene rings is 1. The molecular weight excluding hydrogens is 324 g/mol. The zero-order valence-electron chi connectivity index (χ0n) is 13.9. The fourth-order valence-corrected chi connectivity index (χ4v) is 2.13. The van der Waals surface area contributed by atoms with Crippen LogP contribution in [0.5, 0.6) is 0 Å². The standard InChI is InChI=1S/C17H20N4O2S/c1-4-23-15(22)14-10-18-16(20-12(14)3)21-17(24)19-9-13-7-5-11(2)6-8-13/h5-8,10H,4,9H2,1-3H3,(H2,18,19,20,21,24). The quantitative estimate of drug-likeness (QED) is 0.638. The number of thiocarbonyl (C=S) groups is 1. The molecule has 7 heteroatoms. The molecular formula is C17H20N4O2S. The summed E-state index contributed by atoms with van der Waals surface area (Å²) in [4.78, 5) is 20.1. The molecule has 0 aliphatic carbocycles. The molecule has 0 radical (unpaired) electrons. The Bertz CT molecular complexity index is 732. The van der Waals surface area contributed by atoms with Gasteiger partial charge in [-0.15, -0.1) is 0 Å². The Labute approximate surface area is 146 Å². The monoisotopic (exact) mass is 344 g/mol. The second-order valence-electron chi connectivity index (χ2n) is 5.21. The van der Waals surface area contributed by atoms with Crippen LogP contribution in [0.15, 0.2) is 30.5 Å². The maximum Gasteiger partial charge on any atom is 0.341 e. The van der Waals surface area contributed by atoms with Gasteiger partial charge in [-0.1, -0.05) is 29.8 Å². The van der Waals surface area contributed by atoms with Gasteiger partial charge in [-0.3, -0.25) is 0 Å². The summed E-state index contributed by atoms with van der Waals surface area (Å²) in [5.74, 6) is -0.0939. The van der Waals surface area contributed by atoms with Crippen molar-refractivity contribution in [2.45, 2.75) is 27.3 Å². The van der Waals surface area contributed by atoms with Crippen LogP contribution >= 0.6 is 12.2 Å². The predicted octanol–water partition coefficient (Wildman–Crippen LogP) is 2.76. The van der Waals surface area contributed by atoms with Gasteiger partial charge in [0.1, 0.15) is 0 Å². The van der Waals surface area contributed by atoms with Crippen LogP contribution in [0, 0.1) is 13.8 Å². The van der Waals surface area contributed by atoms with Crippen molar-refractivity contribution >= 4 is 29.2 Å². The van der Waals surface area contributed by atoms with Crippen molar-refractivity contribution in [2.24, 2.45) is 0 Å². The van der Waals surface area contributed by atoms with Gasteiger partial charge in [0.25, 0.3) is 0 Å². The van der Waals surface area contributed by atoms with Gasteiger partial charge in [-0.25, -0.2) is 14.8 Å². The van der Waals surface area contributed by atoms with Crippen LogP contribution in [0.3, 0.4) is 0 Å². The predicted molar refractivity (Wildman–Crippen MR) is 97.0 cm³/mol. The number of nitrogens with zero attached hydrogens (tertiary/aromatic N) is 2. The fraction of sp³-hybridized carbons (Fsp3) is 0.294. The van der Waals surface area contributed by atoms with Gasteiger partial charge in [0, 0.05) is 12.7 Å². The van der Waals surface area contributed by atoms with E-state index in [9.17, 15) is 4.79 Å². The van der Waals surface area contributed by atoms with E-state index < -0.39 is 5.97 Å². The molecule has 0 saturated heterocycles. The molecule has 0 bridgehead atoms. The van der Waals surface area contributed by atoms with Gasteiger partial charge >= 0.3 is 5.97 Å². The van der Waals surface area contributed by atoms with Gasteiger partial charge in [0.2, 0.25) is 5.95 Å². The minimum atomic E-state index is -0.429. The summed E-state index contributed by atoms with van der Waals surface area (Å²) in [5.41, 5.74) is 3.22. The fourth-order valence-electron chi connectivity index (χ4n) is 1.97. The minimum Gasteiger partial charge on any atom is -0.462 e. The summed E-state index contributed by atoms with van der Waals surface area (Å²) in [6.07, 6.45) is 1.44. The van der Waals surface area contributed by atoms with E-state index in [4.69, 9.17) is 17.0 Å². The molecule has 126 valence electrons. The first-order valence-electron chi connectivity index (χ1n) is 7.60. The van der Waals surface area contributed by atoms with Gasteiger partial charge in [-0.2, -0.15) is 0 Å². The molecule has 24 heavy (non-hydrogen) atoms. The molecule has 2 aromatic rings. The van der Waals surface area contributed by atoms with E-state index in [1.807, 2.05) is 31.2 Å². The first-order chi connectivity index (χ1) is 11.5. The molecule has 0 unspecified atom stereocenters. The number of hydrogen-bond donors (Lipinski definition) is 2. The Morgan fingerprint density at radius 2 is 1.96 bits per heavy atom. The number of esters is 1. The van der Waals surface area contributed by atoms with Crippen molar-refractivity contribution in [1.29, 1.82) is 0 Å². The lowest BCUT2D eigenvalue weighted by atomic mass is 10.1. The van der Waals surface area contributed by atoms with E-state index in [1.54, 1.807) is 13.8 Å². The van der Waals surface area contributed by atoms with Crippen LogP contribution in [0.1, 0.15) is 34.1 Å². The van der Waals surface area contributed by atoms with Crippen LogP contribution in [0.4, 0.5) is 5.95 Å². The number of rotatable bonds is 5. The average molecular weight is 344 g/mol. The largest absolute Gasteiger partial charge is 0.462 e. The average Bonchev–Trinajstić information content (AvgIpc) is 2.54. The minimum absolute atomic E-state index is 0.311. The third-order valence-electron chi connectivity index (χ3n) is 3.27. The highest BCUT2D eigenvalue weighted by Crippen LogP contribution is 2.09. The van der Waals surface area contributed by atoms with Crippen molar-refractivity contribution in [3.05, 3.63) is 52.8 Å². The maximum atomic E-state index is 11.7. The molecule has 2 N–H and O–H groups in total. The molecule has 0 spiro atoms. The molecule has 1 aromatic carbocycles. The number of aromatic nitrogens is 2. The number of carbonyl (C=O) groups excluding carboxylic acids is 1. The summed E-state index contributed by atoms with van der Waals surface area (Å²) in [6, 6.07) is 8.18. The lowest BCUT2D eigenvalue weighted by Gasteiger charge is -2.11. The number of carbonyl (C=O) groups is 1. The zero-order valence-corrected chi connectivity index (χ0v) is 14.7. The Morgan fingerprint density at radius 3 is 2.58 bits per heavy atom. The number of nitrogens with one attached hydrogen (secondary N) is 2. The molecule has 0 aliphatic heterocycles. The summed E-state index contributed by atoms with van der Waals surface area (Å²) >= 11 is 5.24. The number of anilines is 1. The van der Waals surface area contributed by atoms with Crippen molar-refractivity contribution in [2.75, 3.05) is 11.9 Å². The normalized spacial score (nSPS) is 10.1. The van der Waals surface area contributed by atoms with E-state index in [-0.39, 0.29) is 0 Å². The first-order valence-corrected chi connectivity index (χ1v) is 8.01. The highest BCUT2D eigenvalue weighted by atomic mass is 32.1. The molecule has 0 saturated carbocycles. The lowest BCUT2D eigenvalue weighted by Crippen LogP contribution is -2.29. The van der Waals surface area contributed by atoms with Crippen molar-refractivity contribution in [1.82, 2.24) is 15.3 Å². The van der Waals surface area contributed by atoms with E-state index in [1.165, 1.54) is 11.8 Å². The SMILES string of the molecule is CCOC(=O)c1cnc(NC(=S)NCc2ccc(C)cc2)nc1C. The summed E-state index contributed by atoms with van der Waals surface area (Å²) in [7, 11) is 0. The third kappa shape index (κ3) is 4.99. The summed E-state index contributed by atoms with van der Waals surface area (Å²) < 4.78 is 4.95. The zero-order chi connectivity index (χ0) is 17.5. The van der Waals surface area contributed by atoms with Crippen molar-refractivity contribution in [3.63, 3.8) is 0 Å². The second kappa shape index (κ2) is 8.35. The molecule has 0 fully saturated rings. The Balaban J connectivity index is 1.93. The van der Waals surface area contributed by atoms with Gasteiger partial charge in [0.05, 0.1) is 17.9 Å². The molecule has 0 atom stereocenters. The molecule has 1 aromatic heterocycles. The number of ether oxygens (including phenoxy) is 1. The smallest absolute Gasteiger partial charge is 0.341 e. The van der Waals surface area contributed by atoms with Crippen LogP contribution in [0.2, 0.25) is 0 Å². The van der Waals surface area contributed by atoms with Gasteiger partial charge < -0.3 is 15.4 Å². The Kier molecular flexibility index (Phi) is 6.20. The molecule has 0 amide bonds. The van der Waals surface area contributed by atoms with E-state index in [2.05, 4.69) is 20.6 Å². The van der Waals surface area contributed by atoms with E-state index >= 15 is 0 Å². The Hall–Kier alpha value is -2.54. The maximum absolute atomic E-state index is 11.7. The number of hydrogen-bond acceptors (Lipinski definition) is 5. The molecule has 1 heterocycles. The van der Waals surface area contributed by atoms with Crippen LogP contribution < -0.4 is 10.6 Å². The van der Waals surface area contributed by atoms with Crippen molar-refractivity contribution < 1.29 is 9.53 Å². The lowest BCUT2D eigenvalue weighted by molar-refractivity contribution is 0.0524. The highest BCUT2D eigenvalue weighted by molar-refractivity contribution is 7.80. The van der Waals surface area contributed by atoms with Crippen LogP contribution in [-0.4, -0.2) is 27.7 Å². The highest BCUT2D eigenvalue weighted by Gasteiger charge is 2.13. The topological polar surface area (TPSA) is 76.1 Å². The Morgan fingerprint density at radius 1 is 1.25 bits per heavy atom. The van der Waals surface area contributed by atoms with E-state index in [0.717, 1.165) is 5.56 Å². The van der Waals surface area contributed by atoms with Gasteiger partial charge in [0.15, 0.2) is 5.11 Å². The first kappa shape index (κ1) is 17.8. The second-order valence-corrected chi connectivity index (χ2v) is 5.61. The van der Waals surface area contributed by atoms with Crippen molar-refractivity contribution in [3.8, 4) is 0 Å². The molecule has 6 nitrogen and oxygen atoms in total.